The first-order valence-corrected chi connectivity index (χ1v) is 9.42. The third-order valence-electron chi connectivity index (χ3n) is 4.79. The summed E-state index contributed by atoms with van der Waals surface area (Å²) >= 11 is 1.76. The lowest BCUT2D eigenvalue weighted by Gasteiger charge is -2.28. The second-order valence-electron chi connectivity index (χ2n) is 6.62. The Morgan fingerprint density at radius 2 is 1.96 bits per heavy atom. The summed E-state index contributed by atoms with van der Waals surface area (Å²) < 4.78 is -0.275. The van der Waals surface area contributed by atoms with Gasteiger partial charge in [0, 0.05) is 18.0 Å². The molecule has 1 amide bonds. The van der Waals surface area contributed by atoms with Crippen molar-refractivity contribution in [1.29, 1.82) is 0 Å². The lowest BCUT2D eigenvalue weighted by molar-refractivity contribution is -0.123. The van der Waals surface area contributed by atoms with Crippen LogP contribution in [-0.2, 0) is 4.79 Å². The first kappa shape index (κ1) is 19.4. The summed E-state index contributed by atoms with van der Waals surface area (Å²) in [6.45, 7) is 4.75. The Bertz CT molecular complexity index is 580. The fourth-order valence-corrected chi connectivity index (χ4v) is 4.72. The molecule has 2 aliphatic rings. The third-order valence-corrected chi connectivity index (χ3v) is 6.29. The van der Waals surface area contributed by atoms with Gasteiger partial charge in [-0.05, 0) is 44.9 Å². The first-order chi connectivity index (χ1) is 11.2. The summed E-state index contributed by atoms with van der Waals surface area (Å²) in [6, 6.07) is 8.54. The van der Waals surface area contributed by atoms with Crippen molar-refractivity contribution in [3.05, 3.63) is 41.5 Å². The Hall–Kier alpha value is -0.970. The number of amides is 1. The Kier molecular flexibility index (Phi) is 7.20. The van der Waals surface area contributed by atoms with Gasteiger partial charge in [0.15, 0.2) is 0 Å². The molecule has 0 atom stereocenters. The summed E-state index contributed by atoms with van der Waals surface area (Å²) in [6.07, 6.45) is 7.52. The monoisotopic (exact) mass is 366 g/mol. The van der Waals surface area contributed by atoms with Crippen LogP contribution in [0.4, 0.5) is 0 Å². The van der Waals surface area contributed by atoms with E-state index in [9.17, 15) is 4.79 Å². The number of thioether (sulfide) groups is 1. The summed E-state index contributed by atoms with van der Waals surface area (Å²) in [7, 11) is 0. The number of carbonyl (C=O) groups excluding carboxylic acids is 1. The highest BCUT2D eigenvalue weighted by Crippen LogP contribution is 2.45. The van der Waals surface area contributed by atoms with Gasteiger partial charge in [-0.1, -0.05) is 42.2 Å². The number of carbonyl (C=O) groups is 1. The van der Waals surface area contributed by atoms with Gasteiger partial charge in [-0.3, -0.25) is 4.79 Å². The van der Waals surface area contributed by atoms with E-state index in [0.717, 1.165) is 45.2 Å². The lowest BCUT2D eigenvalue weighted by Crippen LogP contribution is -2.43. The predicted molar refractivity (Wildman–Crippen MR) is 104 cm³/mol. The van der Waals surface area contributed by atoms with Crippen molar-refractivity contribution in [2.24, 2.45) is 0 Å². The average Bonchev–Trinajstić information content (AvgIpc) is 3.05. The molecule has 0 saturated heterocycles. The van der Waals surface area contributed by atoms with Crippen LogP contribution in [0.3, 0.4) is 0 Å². The number of halogens is 1. The number of hydrogen-bond acceptors (Lipinski definition) is 3. The van der Waals surface area contributed by atoms with Crippen molar-refractivity contribution in [2.75, 3.05) is 19.6 Å². The molecule has 0 radical (unpaired) electrons. The van der Waals surface area contributed by atoms with Gasteiger partial charge in [-0.2, -0.15) is 0 Å². The molecule has 0 aromatic heterocycles. The van der Waals surface area contributed by atoms with Crippen molar-refractivity contribution in [3.8, 4) is 0 Å². The maximum absolute atomic E-state index is 12.9. The summed E-state index contributed by atoms with van der Waals surface area (Å²) in [5.41, 5.74) is 2.61. The molecule has 0 bridgehead atoms. The van der Waals surface area contributed by atoms with E-state index in [4.69, 9.17) is 0 Å². The molecule has 1 heterocycles. The van der Waals surface area contributed by atoms with Gasteiger partial charge in [0.2, 0.25) is 5.91 Å². The van der Waals surface area contributed by atoms with Crippen LogP contribution in [0.2, 0.25) is 0 Å². The number of nitrogens with one attached hydrogen (secondary N) is 2. The maximum Gasteiger partial charge on any atom is 0.236 e. The molecular weight excluding hydrogens is 340 g/mol. The zero-order valence-electron chi connectivity index (χ0n) is 14.3. The van der Waals surface area contributed by atoms with Gasteiger partial charge in [0.25, 0.3) is 0 Å². The largest absolute Gasteiger partial charge is 0.351 e. The highest BCUT2D eigenvalue weighted by molar-refractivity contribution is 8.01. The fourth-order valence-electron chi connectivity index (χ4n) is 3.34. The molecule has 3 rings (SSSR count). The van der Waals surface area contributed by atoms with E-state index in [1.54, 1.807) is 11.8 Å². The van der Waals surface area contributed by atoms with Crippen LogP contribution in [0.1, 0.15) is 37.7 Å². The van der Waals surface area contributed by atoms with Crippen LogP contribution in [0, 0.1) is 6.92 Å². The highest BCUT2D eigenvalue weighted by atomic mass is 35.5. The average molecular weight is 367 g/mol. The van der Waals surface area contributed by atoms with Crippen molar-refractivity contribution in [3.63, 3.8) is 0 Å². The standard InChI is InChI=1S/C19H26N2OS.ClH/c1-15-4-6-17(7-5-15)23-19(10-2-3-11-19)18(22)21-14-16-8-12-20-13-9-16;/h4-8,20H,2-3,9-14H2,1H3,(H,21,22);1H. The summed E-state index contributed by atoms with van der Waals surface area (Å²) in [4.78, 5) is 14.1. The molecule has 24 heavy (non-hydrogen) atoms. The highest BCUT2D eigenvalue weighted by Gasteiger charge is 2.42. The van der Waals surface area contributed by atoms with Crippen molar-refractivity contribution in [1.82, 2.24) is 10.6 Å². The Morgan fingerprint density at radius 1 is 1.25 bits per heavy atom. The fraction of sp³-hybridized carbons (Fsp3) is 0.526. The maximum atomic E-state index is 12.9. The van der Waals surface area contributed by atoms with Gasteiger partial charge >= 0.3 is 0 Å². The quantitative estimate of drug-likeness (QED) is 0.777. The molecule has 132 valence electrons. The molecule has 1 aliphatic heterocycles. The number of benzene rings is 1. The van der Waals surface area contributed by atoms with E-state index in [1.807, 2.05) is 0 Å². The molecule has 1 aliphatic carbocycles. The molecule has 0 unspecified atom stereocenters. The minimum atomic E-state index is -0.275. The molecule has 1 fully saturated rings. The minimum Gasteiger partial charge on any atom is -0.351 e. The Balaban J connectivity index is 0.00000208. The van der Waals surface area contributed by atoms with Crippen LogP contribution in [0.15, 0.2) is 40.8 Å². The summed E-state index contributed by atoms with van der Waals surface area (Å²) in [5, 5.41) is 6.52. The Morgan fingerprint density at radius 3 is 2.58 bits per heavy atom. The molecule has 5 heteroatoms. The van der Waals surface area contributed by atoms with Crippen LogP contribution < -0.4 is 10.6 Å². The second-order valence-corrected chi connectivity index (χ2v) is 8.07. The molecule has 1 saturated carbocycles. The van der Waals surface area contributed by atoms with Gasteiger partial charge < -0.3 is 10.6 Å². The lowest BCUT2D eigenvalue weighted by atomic mass is 10.1. The van der Waals surface area contributed by atoms with Crippen molar-refractivity contribution in [2.45, 2.75) is 48.7 Å². The van der Waals surface area contributed by atoms with E-state index < -0.39 is 0 Å². The predicted octanol–water partition coefficient (Wildman–Crippen LogP) is 3.86. The molecular formula is C19H27ClN2OS. The molecule has 2 N–H and O–H groups in total. The zero-order valence-corrected chi connectivity index (χ0v) is 15.9. The molecule has 3 nitrogen and oxygen atoms in total. The number of aryl methyl sites for hydroxylation is 1. The van der Waals surface area contributed by atoms with Crippen LogP contribution in [-0.4, -0.2) is 30.3 Å². The molecule has 0 spiro atoms. The smallest absolute Gasteiger partial charge is 0.236 e. The van der Waals surface area contributed by atoms with Crippen LogP contribution in [0.5, 0.6) is 0 Å². The molecule has 1 aromatic carbocycles. The van der Waals surface area contributed by atoms with Crippen molar-refractivity contribution < 1.29 is 4.79 Å². The van der Waals surface area contributed by atoms with E-state index in [1.165, 1.54) is 16.0 Å². The van der Waals surface area contributed by atoms with Gasteiger partial charge in [0.1, 0.15) is 0 Å². The third kappa shape index (κ3) is 4.78. The van der Waals surface area contributed by atoms with Crippen LogP contribution in [0.25, 0.3) is 0 Å². The second kappa shape index (κ2) is 8.93. The Labute approximate surface area is 155 Å². The molecule has 1 aromatic rings. The minimum absolute atomic E-state index is 0. The zero-order chi connectivity index (χ0) is 16.1. The van der Waals surface area contributed by atoms with E-state index in [0.29, 0.717) is 6.54 Å². The van der Waals surface area contributed by atoms with E-state index >= 15 is 0 Å². The van der Waals surface area contributed by atoms with Gasteiger partial charge in [0.05, 0.1) is 4.75 Å². The number of rotatable bonds is 5. The topological polar surface area (TPSA) is 41.1 Å². The van der Waals surface area contributed by atoms with Crippen molar-refractivity contribution >= 4 is 30.1 Å². The summed E-state index contributed by atoms with van der Waals surface area (Å²) in [5.74, 6) is 0.222. The number of hydrogen-bond donors (Lipinski definition) is 2. The van der Waals surface area contributed by atoms with Crippen LogP contribution >= 0.6 is 24.2 Å². The van der Waals surface area contributed by atoms with Gasteiger partial charge in [-0.15, -0.1) is 24.2 Å². The SMILES string of the molecule is Cc1ccc(SC2(C(=O)NCC3=CCNCC3)CCCC2)cc1.Cl. The van der Waals surface area contributed by atoms with Gasteiger partial charge in [-0.25, -0.2) is 0 Å². The normalized spacial score (nSPS) is 19.3. The first-order valence-electron chi connectivity index (χ1n) is 8.61. The van der Waals surface area contributed by atoms with E-state index in [2.05, 4.69) is 47.9 Å². The van der Waals surface area contributed by atoms with E-state index in [-0.39, 0.29) is 23.1 Å².